The molecule has 3 fully saturated rings. The van der Waals surface area contributed by atoms with Gasteiger partial charge in [0.05, 0.1) is 11.7 Å². The standard InChI is InChI=1S/C17H31NO/c1-14(2)18-13-16(10-11-16)12-15-6-9-17(19-15)7-4-3-5-8-17/h14-15,18H,3-13H2,1-2H3. The predicted octanol–water partition coefficient (Wildman–Crippen LogP) is 4.04. The Labute approximate surface area is 118 Å². The van der Waals surface area contributed by atoms with Crippen molar-refractivity contribution < 1.29 is 4.74 Å². The van der Waals surface area contributed by atoms with Crippen LogP contribution in [0.3, 0.4) is 0 Å². The molecule has 2 heteroatoms. The van der Waals surface area contributed by atoms with Crippen molar-refractivity contribution in [1.29, 1.82) is 0 Å². The lowest BCUT2D eigenvalue weighted by molar-refractivity contribution is -0.0711. The third kappa shape index (κ3) is 3.33. The molecule has 19 heavy (non-hydrogen) atoms. The Balaban J connectivity index is 1.49. The van der Waals surface area contributed by atoms with Crippen LogP contribution in [-0.4, -0.2) is 24.3 Å². The predicted molar refractivity (Wildman–Crippen MR) is 79.3 cm³/mol. The monoisotopic (exact) mass is 265 g/mol. The zero-order valence-corrected chi connectivity index (χ0v) is 12.8. The first-order valence-corrected chi connectivity index (χ1v) is 8.53. The third-order valence-electron chi connectivity index (χ3n) is 5.61. The van der Waals surface area contributed by atoms with E-state index in [2.05, 4.69) is 19.2 Å². The highest BCUT2D eigenvalue weighted by atomic mass is 16.5. The van der Waals surface area contributed by atoms with Crippen LogP contribution < -0.4 is 5.32 Å². The quantitative estimate of drug-likeness (QED) is 0.810. The summed E-state index contributed by atoms with van der Waals surface area (Å²) in [6, 6.07) is 0.617. The van der Waals surface area contributed by atoms with Crippen molar-refractivity contribution >= 4 is 0 Å². The third-order valence-corrected chi connectivity index (χ3v) is 5.61. The smallest absolute Gasteiger partial charge is 0.0687 e. The van der Waals surface area contributed by atoms with Crippen LogP contribution in [0.5, 0.6) is 0 Å². The van der Waals surface area contributed by atoms with Crippen molar-refractivity contribution in [2.24, 2.45) is 5.41 Å². The van der Waals surface area contributed by atoms with Gasteiger partial charge >= 0.3 is 0 Å². The molecule has 1 saturated heterocycles. The van der Waals surface area contributed by atoms with Crippen molar-refractivity contribution in [3.63, 3.8) is 0 Å². The van der Waals surface area contributed by atoms with Crippen LogP contribution in [-0.2, 0) is 4.74 Å². The summed E-state index contributed by atoms with van der Waals surface area (Å²) < 4.78 is 6.54. The van der Waals surface area contributed by atoms with Crippen LogP contribution in [0.4, 0.5) is 0 Å². The highest BCUT2D eigenvalue weighted by Crippen LogP contribution is 2.53. The summed E-state index contributed by atoms with van der Waals surface area (Å²) in [5, 5.41) is 3.64. The fourth-order valence-corrected chi connectivity index (χ4v) is 4.14. The normalized spacial score (nSPS) is 32.1. The molecule has 3 rings (SSSR count). The van der Waals surface area contributed by atoms with Crippen molar-refractivity contribution in [2.75, 3.05) is 6.54 Å². The molecule has 0 radical (unpaired) electrons. The first-order valence-electron chi connectivity index (χ1n) is 8.53. The zero-order valence-electron chi connectivity index (χ0n) is 12.8. The molecular formula is C17H31NO. The molecule has 0 bridgehead atoms. The second-order valence-corrected chi connectivity index (χ2v) is 7.76. The van der Waals surface area contributed by atoms with E-state index in [9.17, 15) is 0 Å². The fourth-order valence-electron chi connectivity index (χ4n) is 4.14. The van der Waals surface area contributed by atoms with Crippen LogP contribution in [0, 0.1) is 5.41 Å². The van der Waals surface area contributed by atoms with Gasteiger partial charge in [0.25, 0.3) is 0 Å². The van der Waals surface area contributed by atoms with Crippen LogP contribution >= 0.6 is 0 Å². The molecule has 0 aromatic heterocycles. The van der Waals surface area contributed by atoms with E-state index in [1.54, 1.807) is 0 Å². The van der Waals surface area contributed by atoms with E-state index in [4.69, 9.17) is 4.74 Å². The van der Waals surface area contributed by atoms with Gasteiger partial charge in [0.2, 0.25) is 0 Å². The second-order valence-electron chi connectivity index (χ2n) is 7.76. The van der Waals surface area contributed by atoms with Gasteiger partial charge in [-0.15, -0.1) is 0 Å². The van der Waals surface area contributed by atoms with Gasteiger partial charge in [-0.05, 0) is 50.4 Å². The Hall–Kier alpha value is -0.0800. The Morgan fingerprint density at radius 2 is 1.79 bits per heavy atom. The van der Waals surface area contributed by atoms with Gasteiger partial charge in [-0.3, -0.25) is 0 Å². The van der Waals surface area contributed by atoms with E-state index in [1.165, 1.54) is 70.8 Å². The van der Waals surface area contributed by atoms with Crippen molar-refractivity contribution in [3.8, 4) is 0 Å². The van der Waals surface area contributed by atoms with E-state index >= 15 is 0 Å². The van der Waals surface area contributed by atoms with Crippen LogP contribution in [0.25, 0.3) is 0 Å². The molecule has 110 valence electrons. The van der Waals surface area contributed by atoms with Crippen LogP contribution in [0.2, 0.25) is 0 Å². The van der Waals surface area contributed by atoms with E-state index < -0.39 is 0 Å². The minimum Gasteiger partial charge on any atom is -0.372 e. The average molecular weight is 265 g/mol. The van der Waals surface area contributed by atoms with Crippen molar-refractivity contribution in [1.82, 2.24) is 5.32 Å². The maximum Gasteiger partial charge on any atom is 0.0687 e. The number of hydrogen-bond donors (Lipinski definition) is 1. The summed E-state index contributed by atoms with van der Waals surface area (Å²) in [5.41, 5.74) is 0.902. The van der Waals surface area contributed by atoms with Crippen LogP contribution in [0.15, 0.2) is 0 Å². The molecule has 2 saturated carbocycles. The van der Waals surface area contributed by atoms with Crippen molar-refractivity contribution in [2.45, 2.75) is 95.8 Å². The van der Waals surface area contributed by atoms with Gasteiger partial charge < -0.3 is 10.1 Å². The maximum absolute atomic E-state index is 6.54. The summed E-state index contributed by atoms with van der Waals surface area (Å²) in [7, 11) is 0. The fraction of sp³-hybridized carbons (Fsp3) is 1.00. The average Bonchev–Trinajstić information content (AvgIpc) is 3.06. The van der Waals surface area contributed by atoms with E-state index in [-0.39, 0.29) is 0 Å². The Morgan fingerprint density at radius 3 is 2.42 bits per heavy atom. The minimum atomic E-state index is 0.310. The summed E-state index contributed by atoms with van der Waals surface area (Å²) in [6.07, 6.45) is 14.3. The minimum absolute atomic E-state index is 0.310. The van der Waals surface area contributed by atoms with Gasteiger partial charge in [0.15, 0.2) is 0 Å². The lowest BCUT2D eigenvalue weighted by atomic mass is 9.83. The Kier molecular flexibility index (Phi) is 3.92. The molecule has 1 unspecified atom stereocenters. The SMILES string of the molecule is CC(C)NCC1(CC2CCC3(CCCCC3)O2)CC1. The van der Waals surface area contributed by atoms with E-state index in [0.29, 0.717) is 23.2 Å². The number of rotatable bonds is 5. The van der Waals surface area contributed by atoms with E-state index in [1.807, 2.05) is 0 Å². The first kappa shape index (κ1) is 13.9. The zero-order chi connectivity index (χ0) is 13.3. The van der Waals surface area contributed by atoms with Gasteiger partial charge in [0, 0.05) is 12.6 Å². The number of hydrogen-bond acceptors (Lipinski definition) is 2. The largest absolute Gasteiger partial charge is 0.372 e. The summed E-state index contributed by atoms with van der Waals surface area (Å²) in [5.74, 6) is 0. The molecular weight excluding hydrogens is 234 g/mol. The molecule has 2 nitrogen and oxygen atoms in total. The Morgan fingerprint density at radius 1 is 1.05 bits per heavy atom. The molecule has 2 aliphatic carbocycles. The highest BCUT2D eigenvalue weighted by Gasteiger charge is 2.48. The summed E-state index contributed by atoms with van der Waals surface area (Å²) in [6.45, 7) is 5.70. The van der Waals surface area contributed by atoms with Gasteiger partial charge in [0.1, 0.15) is 0 Å². The lowest BCUT2D eigenvalue weighted by Crippen LogP contribution is -2.34. The molecule has 1 atom stereocenters. The van der Waals surface area contributed by atoms with Gasteiger partial charge in [-0.1, -0.05) is 33.1 Å². The molecule has 1 N–H and O–H groups in total. The molecule has 1 spiro atoms. The van der Waals surface area contributed by atoms with Crippen molar-refractivity contribution in [3.05, 3.63) is 0 Å². The van der Waals surface area contributed by atoms with Gasteiger partial charge in [-0.25, -0.2) is 0 Å². The molecule has 1 aliphatic heterocycles. The molecule has 1 heterocycles. The Bertz CT molecular complexity index is 302. The topological polar surface area (TPSA) is 21.3 Å². The highest BCUT2D eigenvalue weighted by molar-refractivity contribution is 5.00. The first-order chi connectivity index (χ1) is 9.12. The van der Waals surface area contributed by atoms with E-state index in [0.717, 1.165) is 0 Å². The molecule has 0 aromatic carbocycles. The second kappa shape index (κ2) is 5.37. The molecule has 3 aliphatic rings. The summed E-state index contributed by atoms with van der Waals surface area (Å²) in [4.78, 5) is 0. The maximum atomic E-state index is 6.54. The van der Waals surface area contributed by atoms with Gasteiger partial charge in [-0.2, -0.15) is 0 Å². The molecule has 0 aromatic rings. The van der Waals surface area contributed by atoms with Crippen LogP contribution in [0.1, 0.15) is 78.1 Å². The summed E-state index contributed by atoms with van der Waals surface area (Å²) >= 11 is 0. The lowest BCUT2D eigenvalue weighted by Gasteiger charge is -2.34. The number of nitrogens with one attached hydrogen (secondary N) is 1. The number of ether oxygens (including phenoxy) is 1. The molecule has 0 amide bonds.